The first-order valence-corrected chi connectivity index (χ1v) is 7.84. The molecule has 1 N–H and O–H groups in total. The summed E-state index contributed by atoms with van der Waals surface area (Å²) in [5, 5.41) is 2.61. The van der Waals surface area contributed by atoms with Crippen LogP contribution in [-0.2, 0) is 17.0 Å². The number of aryl methyl sites for hydroxylation is 1. The number of benzene rings is 1. The minimum absolute atomic E-state index is 0.190. The number of hydrogen-bond donors (Lipinski definition) is 1. The van der Waals surface area contributed by atoms with Crippen molar-refractivity contribution in [2.75, 3.05) is 12.4 Å². The molecule has 1 aromatic heterocycles. The Labute approximate surface area is 133 Å². The number of anilines is 1. The van der Waals surface area contributed by atoms with Crippen molar-refractivity contribution < 1.29 is 25.7 Å². The van der Waals surface area contributed by atoms with Crippen LogP contribution in [-0.4, -0.2) is 26.4 Å². The number of nitrogens with zero attached hydrogens (tertiary/aromatic N) is 1. The summed E-state index contributed by atoms with van der Waals surface area (Å²) in [5.74, 6) is 0.490. The zero-order valence-corrected chi connectivity index (χ0v) is 13.3. The van der Waals surface area contributed by atoms with Crippen molar-refractivity contribution in [2.45, 2.75) is 13.5 Å². The largest absolute Gasteiger partial charge is 0.488 e. The first-order valence-electron chi connectivity index (χ1n) is 6.54. The van der Waals surface area contributed by atoms with Crippen LogP contribution in [0, 0.1) is 6.92 Å². The smallest absolute Gasteiger partial charge is 0.467 e. The van der Waals surface area contributed by atoms with Gasteiger partial charge in [-0.25, -0.2) is 4.79 Å². The molecule has 1 aromatic carbocycles. The van der Waals surface area contributed by atoms with Crippen LogP contribution in [0.2, 0.25) is 0 Å². The van der Waals surface area contributed by atoms with Gasteiger partial charge in [-0.05, 0) is 42.8 Å². The first kappa shape index (κ1) is 16.8. The van der Waals surface area contributed by atoms with Crippen molar-refractivity contribution >= 4 is 22.2 Å². The molecule has 0 saturated carbocycles. The molecule has 0 bridgehead atoms. The molecule has 1 heterocycles. The van der Waals surface area contributed by atoms with Crippen LogP contribution in [0.1, 0.15) is 11.3 Å². The molecule has 124 valence electrons. The quantitative estimate of drug-likeness (QED) is 0.844. The fraction of sp³-hybridized carbons (Fsp3) is 0.214. The molecule has 2 aromatic rings. The highest BCUT2D eigenvalue weighted by molar-refractivity contribution is 7.81. The van der Waals surface area contributed by atoms with E-state index in [1.807, 2.05) is 6.92 Å². The fourth-order valence-corrected chi connectivity index (χ4v) is 2.12. The maximum atomic E-state index is 12.4. The van der Waals surface area contributed by atoms with Gasteiger partial charge in [-0.3, -0.25) is 0 Å². The molecular weight excluding hydrogens is 327 g/mol. The van der Waals surface area contributed by atoms with Gasteiger partial charge in [0.05, 0.1) is 12.8 Å². The van der Waals surface area contributed by atoms with Gasteiger partial charge >= 0.3 is 16.5 Å². The minimum atomic E-state index is -5.07. The molecule has 7 nitrogen and oxygen atoms in total. The number of hydrogen-bond acceptors (Lipinski definition) is 5. The number of furan rings is 1. The third-order valence-electron chi connectivity index (χ3n) is 3.00. The molecule has 9 heteroatoms. The van der Waals surface area contributed by atoms with Crippen molar-refractivity contribution in [2.24, 2.45) is 0 Å². The fourth-order valence-electron chi connectivity index (χ4n) is 1.78. The van der Waals surface area contributed by atoms with E-state index in [9.17, 15) is 17.1 Å². The molecule has 0 aliphatic rings. The van der Waals surface area contributed by atoms with E-state index in [0.717, 1.165) is 5.56 Å². The van der Waals surface area contributed by atoms with E-state index in [-0.39, 0.29) is 11.8 Å². The highest BCUT2D eigenvalue weighted by Gasteiger charge is 2.13. The highest BCUT2D eigenvalue weighted by atomic mass is 32.3. The monoisotopic (exact) mass is 342 g/mol. The molecule has 2 amide bonds. The summed E-state index contributed by atoms with van der Waals surface area (Å²) in [6, 6.07) is 6.66. The van der Waals surface area contributed by atoms with Crippen LogP contribution in [0.25, 0.3) is 0 Å². The summed E-state index contributed by atoms with van der Waals surface area (Å²) >= 11 is 0. The van der Waals surface area contributed by atoms with E-state index in [4.69, 9.17) is 4.42 Å². The van der Waals surface area contributed by atoms with Gasteiger partial charge in [0.15, 0.2) is 0 Å². The van der Waals surface area contributed by atoms with Gasteiger partial charge < -0.3 is 18.8 Å². The molecule has 0 aliphatic carbocycles. The second kappa shape index (κ2) is 6.69. The Bertz CT molecular complexity index is 786. The number of halogens is 1. The Morgan fingerprint density at radius 1 is 1.30 bits per heavy atom. The lowest BCUT2D eigenvalue weighted by Gasteiger charge is -2.17. The van der Waals surface area contributed by atoms with Gasteiger partial charge in [-0.15, -0.1) is 0 Å². The molecule has 0 saturated heterocycles. The molecule has 0 aliphatic heterocycles. The third kappa shape index (κ3) is 4.99. The van der Waals surface area contributed by atoms with Crippen molar-refractivity contribution in [3.8, 4) is 5.75 Å². The Balaban J connectivity index is 1.95. The minimum Gasteiger partial charge on any atom is -0.467 e. The average Bonchev–Trinajstić information content (AvgIpc) is 2.85. The van der Waals surface area contributed by atoms with Crippen LogP contribution < -0.4 is 9.50 Å². The summed E-state index contributed by atoms with van der Waals surface area (Å²) in [6.45, 7) is 2.17. The number of nitrogens with one attached hydrogen (secondary N) is 1. The number of carbonyl (C=O) groups excluding carboxylic acids is 1. The maximum Gasteiger partial charge on any atom is 0.488 e. The van der Waals surface area contributed by atoms with E-state index in [2.05, 4.69) is 9.50 Å². The first-order chi connectivity index (χ1) is 10.7. The summed E-state index contributed by atoms with van der Waals surface area (Å²) in [7, 11) is -3.46. The zero-order chi connectivity index (χ0) is 17.0. The van der Waals surface area contributed by atoms with E-state index < -0.39 is 10.5 Å². The maximum absolute atomic E-state index is 12.4. The zero-order valence-electron chi connectivity index (χ0n) is 12.4. The predicted octanol–water partition coefficient (Wildman–Crippen LogP) is 2.85. The van der Waals surface area contributed by atoms with Gasteiger partial charge in [0.1, 0.15) is 11.5 Å². The Morgan fingerprint density at radius 3 is 2.48 bits per heavy atom. The standard InChI is InChI=1S/C14H15FN2O5S/c1-10-7-8-21-13(10)9-17(2)14(18)16-11-3-5-12(6-4-11)22-23(15,19)20/h3-8H,9H2,1-2H3,(H,16,18). The summed E-state index contributed by atoms with van der Waals surface area (Å²) in [6.07, 6.45) is 1.55. The average molecular weight is 342 g/mol. The van der Waals surface area contributed by atoms with Crippen molar-refractivity contribution in [3.63, 3.8) is 0 Å². The molecule has 2 rings (SSSR count). The van der Waals surface area contributed by atoms with Crippen LogP contribution in [0.4, 0.5) is 14.4 Å². The van der Waals surface area contributed by atoms with E-state index in [0.29, 0.717) is 18.0 Å². The van der Waals surface area contributed by atoms with Gasteiger partial charge in [0.25, 0.3) is 0 Å². The molecular formula is C14H15FN2O5S. The molecule has 23 heavy (non-hydrogen) atoms. The Morgan fingerprint density at radius 2 is 1.96 bits per heavy atom. The van der Waals surface area contributed by atoms with Gasteiger partial charge in [0, 0.05) is 12.7 Å². The highest BCUT2D eigenvalue weighted by Crippen LogP contribution is 2.18. The Kier molecular flexibility index (Phi) is 4.89. The SMILES string of the molecule is Cc1ccoc1CN(C)C(=O)Nc1ccc(OS(=O)(=O)F)cc1. The van der Waals surface area contributed by atoms with Gasteiger partial charge in [-0.2, -0.15) is 8.42 Å². The van der Waals surface area contributed by atoms with Crippen LogP contribution in [0.3, 0.4) is 0 Å². The predicted molar refractivity (Wildman–Crippen MR) is 81.0 cm³/mol. The van der Waals surface area contributed by atoms with E-state index in [1.54, 1.807) is 19.4 Å². The van der Waals surface area contributed by atoms with Crippen LogP contribution >= 0.6 is 0 Å². The van der Waals surface area contributed by atoms with Crippen molar-refractivity contribution in [1.29, 1.82) is 0 Å². The van der Waals surface area contributed by atoms with Gasteiger partial charge in [0.2, 0.25) is 0 Å². The molecule has 0 unspecified atom stereocenters. The summed E-state index contributed by atoms with van der Waals surface area (Å²) < 4.78 is 42.4. The van der Waals surface area contributed by atoms with E-state index >= 15 is 0 Å². The molecule has 0 radical (unpaired) electrons. The molecule has 0 atom stereocenters. The van der Waals surface area contributed by atoms with Crippen LogP contribution in [0.5, 0.6) is 5.75 Å². The number of amides is 2. The number of urea groups is 1. The second-order valence-electron chi connectivity index (χ2n) is 4.81. The third-order valence-corrected chi connectivity index (χ3v) is 3.39. The number of carbonyl (C=O) groups is 1. The lowest BCUT2D eigenvalue weighted by molar-refractivity contribution is 0.216. The van der Waals surface area contributed by atoms with Gasteiger partial charge in [-0.1, -0.05) is 3.89 Å². The Hall–Kier alpha value is -2.55. The van der Waals surface area contributed by atoms with Crippen molar-refractivity contribution in [1.82, 2.24) is 4.90 Å². The molecule has 0 spiro atoms. The molecule has 0 fully saturated rings. The van der Waals surface area contributed by atoms with Crippen LogP contribution in [0.15, 0.2) is 41.0 Å². The lowest BCUT2D eigenvalue weighted by Crippen LogP contribution is -2.30. The normalized spacial score (nSPS) is 11.1. The lowest BCUT2D eigenvalue weighted by atomic mass is 10.3. The summed E-state index contributed by atoms with van der Waals surface area (Å²) in [4.78, 5) is 13.5. The van der Waals surface area contributed by atoms with Crippen molar-refractivity contribution in [3.05, 3.63) is 47.9 Å². The topological polar surface area (TPSA) is 88.8 Å². The van der Waals surface area contributed by atoms with E-state index in [1.165, 1.54) is 29.2 Å². The number of rotatable bonds is 5. The second-order valence-corrected chi connectivity index (χ2v) is 5.77. The summed E-state index contributed by atoms with van der Waals surface area (Å²) in [5.41, 5.74) is 1.35.